The average molecular weight is 455 g/mol. The van der Waals surface area contributed by atoms with Crippen molar-refractivity contribution in [1.29, 1.82) is 0 Å². The number of anilines is 1. The first kappa shape index (κ1) is 25.9. The summed E-state index contributed by atoms with van der Waals surface area (Å²) in [4.78, 5) is 17.0. The van der Waals surface area contributed by atoms with E-state index in [-0.39, 0.29) is 54.5 Å². The summed E-state index contributed by atoms with van der Waals surface area (Å²) in [5.41, 5.74) is 9.94. The van der Waals surface area contributed by atoms with Crippen LogP contribution in [0, 0.1) is 18.7 Å². The molecule has 0 bridgehead atoms. The van der Waals surface area contributed by atoms with E-state index in [2.05, 4.69) is 5.32 Å². The van der Waals surface area contributed by atoms with Gasteiger partial charge in [0.05, 0.1) is 17.0 Å². The molecule has 3 rings (SSSR count). The number of carbonyl (C=O) groups is 1. The zero-order chi connectivity index (χ0) is 20.6. The second-order valence-corrected chi connectivity index (χ2v) is 7.70. The molecule has 5 nitrogen and oxygen atoms in total. The number of nitrogens with zero attached hydrogens (tertiary/aromatic N) is 2. The highest BCUT2D eigenvalue weighted by atomic mass is 35.5. The van der Waals surface area contributed by atoms with E-state index in [9.17, 15) is 9.18 Å². The maximum Gasteiger partial charge on any atom is 0.228 e. The van der Waals surface area contributed by atoms with Gasteiger partial charge in [0.25, 0.3) is 0 Å². The van der Waals surface area contributed by atoms with E-state index in [4.69, 9.17) is 10.7 Å². The van der Waals surface area contributed by atoms with Crippen LogP contribution in [0.5, 0.6) is 0 Å². The fourth-order valence-electron chi connectivity index (χ4n) is 3.22. The lowest BCUT2D eigenvalue weighted by atomic mass is 10.0. The minimum atomic E-state index is -0.279. The topological polar surface area (TPSA) is 72.9 Å². The number of imidazole rings is 1. The molecule has 0 radical (unpaired) electrons. The Morgan fingerprint density at radius 1 is 1.10 bits per heavy atom. The number of rotatable bonds is 5. The summed E-state index contributed by atoms with van der Waals surface area (Å²) < 4.78 is 15.8. The van der Waals surface area contributed by atoms with Gasteiger partial charge >= 0.3 is 0 Å². The molecule has 0 saturated heterocycles. The van der Waals surface area contributed by atoms with E-state index in [1.165, 1.54) is 12.1 Å². The molecular weight excluding hydrogens is 426 g/mol. The van der Waals surface area contributed by atoms with Gasteiger partial charge in [0.15, 0.2) is 0 Å². The standard InChI is InChI=1S/C22H27FN4O.2ClH/c1-12(2)27-20-11-17(23)7-9-19(20)25-21(27)16-6-8-18(13(3)10-16)26-22(28)14(4)15(5)24;;/h6-12,14-15H,24H2,1-5H3,(H,26,28);2*1H. The van der Waals surface area contributed by atoms with E-state index in [0.717, 1.165) is 33.7 Å². The summed E-state index contributed by atoms with van der Waals surface area (Å²) >= 11 is 0. The summed E-state index contributed by atoms with van der Waals surface area (Å²) in [6.07, 6.45) is 0. The Balaban J connectivity index is 0.00000225. The monoisotopic (exact) mass is 454 g/mol. The molecule has 0 aliphatic carbocycles. The van der Waals surface area contributed by atoms with Gasteiger partial charge in [-0.05, 0) is 69.7 Å². The van der Waals surface area contributed by atoms with Crippen LogP contribution >= 0.6 is 24.8 Å². The van der Waals surface area contributed by atoms with Gasteiger partial charge in [0.2, 0.25) is 5.91 Å². The van der Waals surface area contributed by atoms with Crippen molar-refractivity contribution < 1.29 is 9.18 Å². The summed E-state index contributed by atoms with van der Waals surface area (Å²) in [7, 11) is 0. The Labute approximate surface area is 189 Å². The molecule has 0 saturated carbocycles. The van der Waals surface area contributed by atoms with Gasteiger partial charge < -0.3 is 15.6 Å². The number of hydrogen-bond donors (Lipinski definition) is 2. The third-order valence-electron chi connectivity index (χ3n) is 5.11. The quantitative estimate of drug-likeness (QED) is 0.534. The number of nitrogens with one attached hydrogen (secondary N) is 1. The van der Waals surface area contributed by atoms with Crippen LogP contribution in [-0.4, -0.2) is 21.5 Å². The first-order valence-corrected chi connectivity index (χ1v) is 9.54. The van der Waals surface area contributed by atoms with Crippen LogP contribution in [-0.2, 0) is 4.79 Å². The van der Waals surface area contributed by atoms with Gasteiger partial charge in [-0.25, -0.2) is 9.37 Å². The Hall–Kier alpha value is -2.15. The van der Waals surface area contributed by atoms with Crippen LogP contribution in [0.1, 0.15) is 39.3 Å². The van der Waals surface area contributed by atoms with E-state index < -0.39 is 0 Å². The molecule has 1 heterocycles. The van der Waals surface area contributed by atoms with Crippen molar-refractivity contribution >= 4 is 47.4 Å². The first-order chi connectivity index (χ1) is 13.2. The zero-order valence-corrected chi connectivity index (χ0v) is 19.4. The number of fused-ring (bicyclic) bond motifs is 1. The summed E-state index contributed by atoms with van der Waals surface area (Å²) in [5, 5.41) is 2.95. The highest BCUT2D eigenvalue weighted by Gasteiger charge is 2.19. The van der Waals surface area contributed by atoms with Crippen molar-refractivity contribution in [1.82, 2.24) is 9.55 Å². The third kappa shape index (κ3) is 5.12. The maximum absolute atomic E-state index is 13.8. The Morgan fingerprint density at radius 3 is 2.33 bits per heavy atom. The van der Waals surface area contributed by atoms with Crippen LogP contribution in [0.2, 0.25) is 0 Å². The fourth-order valence-corrected chi connectivity index (χ4v) is 3.22. The number of aryl methyl sites for hydroxylation is 1. The van der Waals surface area contributed by atoms with E-state index in [1.54, 1.807) is 6.07 Å². The van der Waals surface area contributed by atoms with Crippen LogP contribution in [0.3, 0.4) is 0 Å². The molecule has 3 N–H and O–H groups in total. The molecule has 2 unspecified atom stereocenters. The van der Waals surface area contributed by atoms with Crippen molar-refractivity contribution in [2.24, 2.45) is 11.7 Å². The molecule has 0 fully saturated rings. The van der Waals surface area contributed by atoms with Crippen molar-refractivity contribution in [3.63, 3.8) is 0 Å². The van der Waals surface area contributed by atoms with Gasteiger partial charge in [0.1, 0.15) is 11.6 Å². The van der Waals surface area contributed by atoms with Gasteiger partial charge in [-0.2, -0.15) is 0 Å². The van der Waals surface area contributed by atoms with Crippen molar-refractivity contribution in [3.8, 4) is 11.4 Å². The molecule has 0 aliphatic rings. The number of benzene rings is 2. The maximum atomic E-state index is 13.8. The molecule has 8 heteroatoms. The van der Waals surface area contributed by atoms with E-state index in [0.29, 0.717) is 0 Å². The molecule has 2 atom stereocenters. The lowest BCUT2D eigenvalue weighted by Crippen LogP contribution is -2.34. The van der Waals surface area contributed by atoms with E-state index in [1.807, 2.05) is 57.4 Å². The number of amides is 1. The predicted molar refractivity (Wildman–Crippen MR) is 126 cm³/mol. The Kier molecular flexibility index (Phi) is 8.84. The van der Waals surface area contributed by atoms with Gasteiger partial charge in [-0.15, -0.1) is 24.8 Å². The minimum absolute atomic E-state index is 0. The SMILES string of the molecule is Cc1cc(-c2nc3ccc(F)cc3n2C(C)C)ccc1NC(=O)C(C)C(C)N.Cl.Cl. The number of hydrogen-bond acceptors (Lipinski definition) is 3. The normalized spacial score (nSPS) is 12.8. The lowest BCUT2D eigenvalue weighted by molar-refractivity contribution is -0.119. The highest BCUT2D eigenvalue weighted by Crippen LogP contribution is 2.31. The molecule has 1 aromatic heterocycles. The summed E-state index contributed by atoms with van der Waals surface area (Å²) in [6, 6.07) is 10.3. The number of aromatic nitrogens is 2. The first-order valence-electron chi connectivity index (χ1n) is 9.54. The molecule has 0 spiro atoms. The largest absolute Gasteiger partial charge is 0.327 e. The smallest absolute Gasteiger partial charge is 0.228 e. The molecule has 164 valence electrons. The lowest BCUT2D eigenvalue weighted by Gasteiger charge is -2.17. The van der Waals surface area contributed by atoms with Gasteiger partial charge in [0, 0.05) is 23.3 Å². The molecule has 0 aliphatic heterocycles. The zero-order valence-electron chi connectivity index (χ0n) is 17.8. The van der Waals surface area contributed by atoms with Gasteiger partial charge in [-0.1, -0.05) is 6.92 Å². The van der Waals surface area contributed by atoms with Crippen LogP contribution in [0.4, 0.5) is 10.1 Å². The Morgan fingerprint density at radius 2 is 1.77 bits per heavy atom. The van der Waals surface area contributed by atoms with Gasteiger partial charge in [-0.3, -0.25) is 4.79 Å². The van der Waals surface area contributed by atoms with Crippen molar-refractivity contribution in [2.75, 3.05) is 5.32 Å². The van der Waals surface area contributed by atoms with Crippen LogP contribution < -0.4 is 11.1 Å². The van der Waals surface area contributed by atoms with Crippen LogP contribution in [0.25, 0.3) is 22.4 Å². The second kappa shape index (κ2) is 10.2. The fraction of sp³-hybridized carbons (Fsp3) is 0.364. The molecular formula is C22H29Cl2FN4O. The molecule has 3 aromatic rings. The summed E-state index contributed by atoms with van der Waals surface area (Å²) in [5.74, 6) is 0.119. The predicted octanol–water partition coefficient (Wildman–Crippen LogP) is 5.50. The van der Waals surface area contributed by atoms with Crippen LogP contribution in [0.15, 0.2) is 36.4 Å². The van der Waals surface area contributed by atoms with Crippen molar-refractivity contribution in [3.05, 3.63) is 47.8 Å². The number of halogens is 3. The Bertz CT molecular complexity index is 1030. The minimum Gasteiger partial charge on any atom is -0.327 e. The van der Waals surface area contributed by atoms with E-state index >= 15 is 0 Å². The van der Waals surface area contributed by atoms with Crippen molar-refractivity contribution in [2.45, 2.75) is 46.7 Å². The molecule has 1 amide bonds. The molecule has 2 aromatic carbocycles. The number of nitrogens with two attached hydrogens (primary N) is 1. The number of carbonyl (C=O) groups excluding carboxylic acids is 1. The second-order valence-electron chi connectivity index (χ2n) is 7.70. The molecule has 30 heavy (non-hydrogen) atoms. The highest BCUT2D eigenvalue weighted by molar-refractivity contribution is 5.94. The average Bonchev–Trinajstić information content (AvgIpc) is 3.01. The summed E-state index contributed by atoms with van der Waals surface area (Å²) in [6.45, 7) is 9.67. The third-order valence-corrected chi connectivity index (χ3v) is 5.11.